The predicted molar refractivity (Wildman–Crippen MR) is 111 cm³/mol. The van der Waals surface area contributed by atoms with Crippen molar-refractivity contribution in [1.82, 2.24) is 5.32 Å². The zero-order chi connectivity index (χ0) is 18.1. The summed E-state index contributed by atoms with van der Waals surface area (Å²) in [5.74, 6) is 0.214. The number of nitrogens with two attached hydrogens (primary N) is 1. The zero-order valence-electron chi connectivity index (χ0n) is 14.8. The smallest absolute Gasteiger partial charge is 0.240 e. The molecule has 1 unspecified atom stereocenters. The third kappa shape index (κ3) is 4.06. The number of amides is 2. The number of halogens is 1. The first kappa shape index (κ1) is 19.6. The fourth-order valence-electron chi connectivity index (χ4n) is 3.70. The molecule has 2 aliphatic rings. The Hall–Kier alpha value is -2.18. The number of thioether (sulfide) groups is 1. The maximum absolute atomic E-state index is 12.7. The molecule has 1 atom stereocenters. The second kappa shape index (κ2) is 8.23. The summed E-state index contributed by atoms with van der Waals surface area (Å²) in [7, 11) is 0. The molecule has 0 saturated carbocycles. The van der Waals surface area contributed by atoms with Crippen LogP contribution in [0.25, 0.3) is 0 Å². The van der Waals surface area contributed by atoms with E-state index >= 15 is 0 Å². The minimum Gasteiger partial charge on any atom is -0.399 e. The minimum absolute atomic E-state index is 0. The number of hydrogen-bond acceptors (Lipinski definition) is 4. The van der Waals surface area contributed by atoms with Crippen molar-refractivity contribution in [2.75, 3.05) is 22.9 Å². The molecule has 7 heteroatoms. The quantitative estimate of drug-likeness (QED) is 0.771. The number of fused-ring (bicyclic) bond motifs is 2. The van der Waals surface area contributed by atoms with Gasteiger partial charge < -0.3 is 16.0 Å². The lowest BCUT2D eigenvalue weighted by molar-refractivity contribution is -0.123. The number of anilines is 2. The van der Waals surface area contributed by atoms with Crippen LogP contribution in [0.3, 0.4) is 0 Å². The van der Waals surface area contributed by atoms with E-state index in [1.54, 1.807) is 4.90 Å². The van der Waals surface area contributed by atoms with Gasteiger partial charge in [0.05, 0.1) is 17.5 Å². The standard InChI is InChI=1S/C20H21N3O2S.ClH/c21-14-8-9-15-13(10-14)4-3-5-16(15)22-19(24)11-23-17-6-1-2-7-18(17)26-12-20(23)25;/h1-2,6-10,16H,3-5,11-12,21H2,(H,22,24);1H. The molecule has 0 radical (unpaired) electrons. The van der Waals surface area contributed by atoms with E-state index in [1.807, 2.05) is 42.5 Å². The minimum atomic E-state index is -0.130. The predicted octanol–water partition coefficient (Wildman–Crippen LogP) is 3.32. The highest BCUT2D eigenvalue weighted by Crippen LogP contribution is 2.35. The monoisotopic (exact) mass is 403 g/mol. The summed E-state index contributed by atoms with van der Waals surface area (Å²) in [6.45, 7) is 0.0528. The van der Waals surface area contributed by atoms with E-state index in [2.05, 4.69) is 5.32 Å². The summed E-state index contributed by atoms with van der Waals surface area (Å²) < 4.78 is 0. The number of nitrogens with zero attached hydrogens (tertiary/aromatic N) is 1. The second-order valence-corrected chi connectivity index (χ2v) is 7.72. The lowest BCUT2D eigenvalue weighted by Crippen LogP contribution is -2.44. The van der Waals surface area contributed by atoms with E-state index in [0.29, 0.717) is 5.75 Å². The third-order valence-electron chi connectivity index (χ3n) is 4.93. The van der Waals surface area contributed by atoms with Crippen LogP contribution in [0.4, 0.5) is 11.4 Å². The Morgan fingerprint density at radius 2 is 2.07 bits per heavy atom. The van der Waals surface area contributed by atoms with E-state index in [0.717, 1.165) is 41.1 Å². The van der Waals surface area contributed by atoms with Crippen molar-refractivity contribution in [3.8, 4) is 0 Å². The summed E-state index contributed by atoms with van der Waals surface area (Å²) in [5.41, 5.74) is 9.80. The van der Waals surface area contributed by atoms with E-state index in [4.69, 9.17) is 5.73 Å². The topological polar surface area (TPSA) is 75.4 Å². The van der Waals surface area contributed by atoms with Crippen molar-refractivity contribution in [3.63, 3.8) is 0 Å². The van der Waals surface area contributed by atoms with E-state index in [1.165, 1.54) is 17.3 Å². The number of benzene rings is 2. The van der Waals surface area contributed by atoms with Crippen LogP contribution in [0.5, 0.6) is 0 Å². The average Bonchev–Trinajstić information content (AvgIpc) is 2.64. The summed E-state index contributed by atoms with van der Waals surface area (Å²) in [4.78, 5) is 27.6. The molecule has 0 aromatic heterocycles. The van der Waals surface area contributed by atoms with E-state index in [9.17, 15) is 9.59 Å². The van der Waals surface area contributed by atoms with Crippen LogP contribution in [-0.4, -0.2) is 24.1 Å². The number of carbonyl (C=O) groups excluding carboxylic acids is 2. The molecule has 2 aromatic rings. The molecular weight excluding hydrogens is 382 g/mol. The van der Waals surface area contributed by atoms with Gasteiger partial charge in [-0.05, 0) is 54.7 Å². The van der Waals surface area contributed by atoms with E-state index < -0.39 is 0 Å². The summed E-state index contributed by atoms with van der Waals surface area (Å²) in [6.07, 6.45) is 2.91. The molecule has 0 bridgehead atoms. The number of nitrogen functional groups attached to an aromatic ring is 1. The summed E-state index contributed by atoms with van der Waals surface area (Å²) in [5, 5.41) is 3.11. The fraction of sp³-hybridized carbons (Fsp3) is 0.300. The van der Waals surface area contributed by atoms with Crippen LogP contribution in [0.15, 0.2) is 47.4 Å². The van der Waals surface area contributed by atoms with Gasteiger partial charge in [-0.2, -0.15) is 0 Å². The van der Waals surface area contributed by atoms with Crippen LogP contribution in [0.1, 0.15) is 30.0 Å². The molecule has 4 rings (SSSR count). The van der Waals surface area contributed by atoms with E-state index in [-0.39, 0.29) is 36.8 Å². The molecule has 1 heterocycles. The Bertz CT molecular complexity index is 874. The van der Waals surface area contributed by atoms with Gasteiger partial charge in [0.25, 0.3) is 0 Å². The summed E-state index contributed by atoms with van der Waals surface area (Å²) >= 11 is 1.52. The number of carbonyl (C=O) groups is 2. The molecule has 27 heavy (non-hydrogen) atoms. The average molecular weight is 404 g/mol. The van der Waals surface area contributed by atoms with Crippen LogP contribution >= 0.6 is 24.2 Å². The van der Waals surface area contributed by atoms with Crippen molar-refractivity contribution in [2.24, 2.45) is 0 Å². The Labute approximate surface area is 169 Å². The van der Waals surface area contributed by atoms with Gasteiger partial charge in [0.15, 0.2) is 0 Å². The van der Waals surface area contributed by atoms with Gasteiger partial charge in [0.2, 0.25) is 11.8 Å². The maximum atomic E-state index is 12.7. The van der Waals surface area contributed by atoms with Crippen LogP contribution in [0.2, 0.25) is 0 Å². The SMILES string of the molecule is Cl.Nc1ccc2c(c1)CCCC2NC(=O)CN1C(=O)CSc2ccccc21. The molecular formula is C20H22ClN3O2S. The Balaban J connectivity index is 0.00000210. The zero-order valence-corrected chi connectivity index (χ0v) is 16.4. The number of hydrogen-bond donors (Lipinski definition) is 2. The molecule has 3 N–H and O–H groups in total. The van der Waals surface area contributed by atoms with Crippen LogP contribution in [0, 0.1) is 0 Å². The van der Waals surface area contributed by atoms with Gasteiger partial charge in [-0.25, -0.2) is 0 Å². The van der Waals surface area contributed by atoms with Crippen molar-refractivity contribution < 1.29 is 9.59 Å². The molecule has 0 saturated heterocycles. The molecule has 5 nitrogen and oxygen atoms in total. The van der Waals surface area contributed by atoms with Crippen molar-refractivity contribution >= 4 is 47.4 Å². The summed E-state index contributed by atoms with van der Waals surface area (Å²) in [6, 6.07) is 13.6. The molecule has 2 amide bonds. The normalized spacial score (nSPS) is 18.1. The highest BCUT2D eigenvalue weighted by atomic mass is 35.5. The molecule has 0 spiro atoms. The molecule has 2 aromatic carbocycles. The molecule has 142 valence electrons. The fourth-order valence-corrected chi connectivity index (χ4v) is 4.63. The number of aryl methyl sites for hydroxylation is 1. The van der Waals surface area contributed by atoms with Gasteiger partial charge in [-0.15, -0.1) is 24.2 Å². The lowest BCUT2D eigenvalue weighted by atomic mass is 9.87. The number of nitrogens with one attached hydrogen (secondary N) is 1. The van der Waals surface area contributed by atoms with Gasteiger partial charge in [0.1, 0.15) is 6.54 Å². The van der Waals surface area contributed by atoms with Crippen molar-refractivity contribution in [2.45, 2.75) is 30.2 Å². The number of para-hydroxylation sites is 1. The second-order valence-electron chi connectivity index (χ2n) is 6.71. The molecule has 1 aliphatic carbocycles. The Kier molecular flexibility index (Phi) is 5.97. The highest BCUT2D eigenvalue weighted by molar-refractivity contribution is 8.00. The number of rotatable bonds is 3. The molecule has 0 fully saturated rings. The van der Waals surface area contributed by atoms with Crippen LogP contribution in [-0.2, 0) is 16.0 Å². The third-order valence-corrected chi connectivity index (χ3v) is 5.97. The van der Waals surface area contributed by atoms with Gasteiger partial charge in [-0.1, -0.05) is 18.2 Å². The first-order valence-corrected chi connectivity index (χ1v) is 9.80. The van der Waals surface area contributed by atoms with Gasteiger partial charge in [-0.3, -0.25) is 9.59 Å². The molecule has 1 aliphatic heterocycles. The van der Waals surface area contributed by atoms with Crippen LogP contribution < -0.4 is 16.0 Å². The Morgan fingerprint density at radius 3 is 2.93 bits per heavy atom. The van der Waals surface area contributed by atoms with Crippen molar-refractivity contribution in [3.05, 3.63) is 53.6 Å². The first-order chi connectivity index (χ1) is 12.6. The lowest BCUT2D eigenvalue weighted by Gasteiger charge is -2.30. The Morgan fingerprint density at radius 1 is 1.26 bits per heavy atom. The van der Waals surface area contributed by atoms with Gasteiger partial charge >= 0.3 is 0 Å². The first-order valence-electron chi connectivity index (χ1n) is 8.81. The largest absolute Gasteiger partial charge is 0.399 e. The highest BCUT2D eigenvalue weighted by Gasteiger charge is 2.28. The van der Waals surface area contributed by atoms with Gasteiger partial charge in [0, 0.05) is 10.6 Å². The van der Waals surface area contributed by atoms with Crippen molar-refractivity contribution in [1.29, 1.82) is 0 Å². The maximum Gasteiger partial charge on any atom is 0.240 e.